The van der Waals surface area contributed by atoms with Gasteiger partial charge in [-0.1, -0.05) is 11.8 Å². The average molecular weight is 201 g/mol. The fraction of sp³-hybridized carbons (Fsp3) is 0.571. The Kier molecular flexibility index (Phi) is 3.91. The van der Waals surface area contributed by atoms with Crippen LogP contribution >= 0.6 is 11.8 Å². The number of nitrogens with zero attached hydrogens (tertiary/aromatic N) is 2. The van der Waals surface area contributed by atoms with Crippen LogP contribution in [-0.2, 0) is 9.53 Å². The van der Waals surface area contributed by atoms with Crippen molar-refractivity contribution in [2.24, 2.45) is 0 Å². The number of methoxy groups -OCH3 is 1. The number of rotatable bonds is 5. The fourth-order valence-electron chi connectivity index (χ4n) is 0.734. The highest BCUT2D eigenvalue weighted by atomic mass is 32.2. The predicted octanol–water partition coefficient (Wildman–Crippen LogP) is 0.421. The van der Waals surface area contributed by atoms with Crippen molar-refractivity contribution >= 4 is 17.5 Å². The molecular weight excluding hydrogens is 190 g/mol. The molecular formula is C7H11N3O2S. The van der Waals surface area contributed by atoms with Gasteiger partial charge in [0.2, 0.25) is 5.16 Å². The van der Waals surface area contributed by atoms with Crippen LogP contribution < -0.4 is 0 Å². The Hall–Kier alpha value is -0.880. The molecule has 0 amide bonds. The van der Waals surface area contributed by atoms with Crippen molar-refractivity contribution in [1.82, 2.24) is 15.2 Å². The summed E-state index contributed by atoms with van der Waals surface area (Å²) in [6.07, 6.45) is 0. The van der Waals surface area contributed by atoms with Crippen LogP contribution in [0.1, 0.15) is 5.82 Å². The Labute approximate surface area is 80.3 Å². The molecule has 0 radical (unpaired) electrons. The first-order chi connectivity index (χ1) is 6.22. The lowest BCUT2D eigenvalue weighted by Gasteiger charge is -1.95. The minimum atomic E-state index is 0.0370. The number of ketones is 1. The number of nitrogens with one attached hydrogen (secondary N) is 1. The summed E-state index contributed by atoms with van der Waals surface area (Å²) in [5.74, 6) is 1.14. The molecule has 6 heteroatoms. The molecule has 0 aliphatic heterocycles. The van der Waals surface area contributed by atoms with Crippen molar-refractivity contribution in [3.05, 3.63) is 5.82 Å². The number of hydrogen-bond acceptors (Lipinski definition) is 5. The minimum Gasteiger partial charge on any atom is -0.377 e. The molecule has 0 fully saturated rings. The Balaban J connectivity index is 2.30. The highest BCUT2D eigenvalue weighted by Crippen LogP contribution is 2.11. The van der Waals surface area contributed by atoms with E-state index in [9.17, 15) is 4.79 Å². The van der Waals surface area contributed by atoms with Crippen LogP contribution in [0.2, 0.25) is 0 Å². The van der Waals surface area contributed by atoms with Gasteiger partial charge in [0.05, 0.1) is 5.75 Å². The molecule has 0 bridgehead atoms. The number of thioether (sulfide) groups is 1. The lowest BCUT2D eigenvalue weighted by molar-refractivity contribution is -0.120. The average Bonchev–Trinajstić information content (AvgIpc) is 2.49. The number of hydrogen-bond donors (Lipinski definition) is 1. The van der Waals surface area contributed by atoms with E-state index in [4.69, 9.17) is 0 Å². The van der Waals surface area contributed by atoms with Crippen LogP contribution in [-0.4, -0.2) is 40.4 Å². The van der Waals surface area contributed by atoms with Crippen LogP contribution in [0.3, 0.4) is 0 Å². The van der Waals surface area contributed by atoms with Crippen LogP contribution in [0.4, 0.5) is 0 Å². The first-order valence-corrected chi connectivity index (χ1v) is 4.73. The van der Waals surface area contributed by atoms with Gasteiger partial charge in [-0.3, -0.25) is 9.89 Å². The molecule has 5 nitrogen and oxygen atoms in total. The van der Waals surface area contributed by atoms with Gasteiger partial charge in [0, 0.05) is 7.11 Å². The van der Waals surface area contributed by atoms with Gasteiger partial charge < -0.3 is 4.74 Å². The van der Waals surface area contributed by atoms with Gasteiger partial charge in [-0.25, -0.2) is 4.98 Å². The first-order valence-electron chi connectivity index (χ1n) is 3.75. The number of aromatic nitrogens is 3. The van der Waals surface area contributed by atoms with Gasteiger partial charge in [0.25, 0.3) is 0 Å². The Bertz CT molecular complexity index is 287. The molecule has 1 N–H and O–H groups in total. The third-order valence-electron chi connectivity index (χ3n) is 1.24. The minimum absolute atomic E-state index is 0.0370. The third kappa shape index (κ3) is 3.56. The fourth-order valence-corrected chi connectivity index (χ4v) is 1.42. The van der Waals surface area contributed by atoms with E-state index in [1.807, 2.05) is 6.92 Å². The SMILES string of the molecule is COCC(=O)CSc1n[nH]c(C)n1. The van der Waals surface area contributed by atoms with Gasteiger partial charge in [0.1, 0.15) is 12.4 Å². The van der Waals surface area contributed by atoms with Crippen LogP contribution in [0, 0.1) is 6.92 Å². The monoisotopic (exact) mass is 201 g/mol. The molecule has 1 aromatic heterocycles. The van der Waals surface area contributed by atoms with Gasteiger partial charge >= 0.3 is 0 Å². The van der Waals surface area contributed by atoms with Crippen molar-refractivity contribution in [1.29, 1.82) is 0 Å². The second kappa shape index (κ2) is 4.98. The van der Waals surface area contributed by atoms with E-state index < -0.39 is 0 Å². The van der Waals surface area contributed by atoms with E-state index in [1.165, 1.54) is 18.9 Å². The zero-order chi connectivity index (χ0) is 9.68. The largest absolute Gasteiger partial charge is 0.377 e. The number of carbonyl (C=O) groups excluding carboxylic acids is 1. The van der Waals surface area contributed by atoms with E-state index in [-0.39, 0.29) is 12.4 Å². The smallest absolute Gasteiger partial charge is 0.208 e. The normalized spacial score (nSPS) is 10.3. The van der Waals surface area contributed by atoms with Crippen LogP contribution in [0.25, 0.3) is 0 Å². The molecule has 72 valence electrons. The zero-order valence-electron chi connectivity index (χ0n) is 7.53. The standard InChI is InChI=1S/C7H11N3O2S/c1-5-8-7(10-9-5)13-4-6(11)3-12-2/h3-4H2,1-2H3,(H,8,9,10). The summed E-state index contributed by atoms with van der Waals surface area (Å²) in [6.45, 7) is 1.96. The topological polar surface area (TPSA) is 67.9 Å². The van der Waals surface area contributed by atoms with E-state index in [1.54, 1.807) is 0 Å². The second-order valence-corrected chi connectivity index (χ2v) is 3.41. The van der Waals surface area contributed by atoms with E-state index >= 15 is 0 Å². The van der Waals surface area contributed by atoms with Crippen molar-refractivity contribution < 1.29 is 9.53 Å². The summed E-state index contributed by atoms with van der Waals surface area (Å²) >= 11 is 1.31. The van der Waals surface area contributed by atoms with Crippen molar-refractivity contribution in [2.75, 3.05) is 19.5 Å². The molecule has 13 heavy (non-hydrogen) atoms. The van der Waals surface area contributed by atoms with Crippen LogP contribution in [0.15, 0.2) is 5.16 Å². The number of ether oxygens (including phenoxy) is 1. The third-order valence-corrected chi connectivity index (χ3v) is 2.15. The summed E-state index contributed by atoms with van der Waals surface area (Å²) in [5.41, 5.74) is 0. The highest BCUT2D eigenvalue weighted by Gasteiger charge is 2.05. The Morgan fingerprint density at radius 2 is 2.46 bits per heavy atom. The summed E-state index contributed by atoms with van der Waals surface area (Å²) in [5, 5.41) is 7.18. The second-order valence-electron chi connectivity index (χ2n) is 2.46. The molecule has 0 aromatic carbocycles. The lowest BCUT2D eigenvalue weighted by Crippen LogP contribution is -2.08. The molecule has 0 aliphatic carbocycles. The maximum absolute atomic E-state index is 11.0. The summed E-state index contributed by atoms with van der Waals surface area (Å²) in [4.78, 5) is 15.1. The quantitative estimate of drug-likeness (QED) is 0.699. The zero-order valence-corrected chi connectivity index (χ0v) is 8.35. The van der Waals surface area contributed by atoms with Crippen LogP contribution in [0.5, 0.6) is 0 Å². The Morgan fingerprint density at radius 3 is 3.00 bits per heavy atom. The summed E-state index contributed by atoms with van der Waals surface area (Å²) in [6, 6.07) is 0. The molecule has 0 saturated carbocycles. The molecule has 1 aromatic rings. The molecule has 0 aliphatic rings. The van der Waals surface area contributed by atoms with Gasteiger partial charge in [-0.15, -0.1) is 5.10 Å². The number of Topliss-reactive ketones (excluding diaryl/α,β-unsaturated/α-hetero) is 1. The Morgan fingerprint density at radius 1 is 1.69 bits per heavy atom. The summed E-state index contributed by atoms with van der Waals surface area (Å²) < 4.78 is 4.69. The predicted molar refractivity (Wildman–Crippen MR) is 48.7 cm³/mol. The molecule has 0 saturated heterocycles. The van der Waals surface area contributed by atoms with E-state index in [0.29, 0.717) is 10.9 Å². The number of carbonyl (C=O) groups is 1. The number of H-pyrrole nitrogens is 1. The molecule has 0 atom stereocenters. The maximum Gasteiger partial charge on any atom is 0.208 e. The maximum atomic E-state index is 11.0. The van der Waals surface area contributed by atoms with Crippen molar-refractivity contribution in [3.63, 3.8) is 0 Å². The van der Waals surface area contributed by atoms with Gasteiger partial charge in [-0.2, -0.15) is 0 Å². The van der Waals surface area contributed by atoms with Crippen molar-refractivity contribution in [2.45, 2.75) is 12.1 Å². The van der Waals surface area contributed by atoms with E-state index in [0.717, 1.165) is 5.82 Å². The number of aromatic amines is 1. The number of aryl methyl sites for hydroxylation is 1. The molecule has 0 spiro atoms. The summed E-state index contributed by atoms with van der Waals surface area (Å²) in [7, 11) is 1.50. The first kappa shape index (κ1) is 10.2. The highest BCUT2D eigenvalue weighted by molar-refractivity contribution is 7.99. The van der Waals surface area contributed by atoms with Crippen molar-refractivity contribution in [3.8, 4) is 0 Å². The lowest BCUT2D eigenvalue weighted by atomic mass is 10.5. The molecule has 0 unspecified atom stereocenters. The van der Waals surface area contributed by atoms with E-state index in [2.05, 4.69) is 19.9 Å². The van der Waals surface area contributed by atoms with Gasteiger partial charge in [0.15, 0.2) is 5.78 Å². The van der Waals surface area contributed by atoms with Gasteiger partial charge in [-0.05, 0) is 6.92 Å². The molecule has 1 heterocycles. The molecule has 1 rings (SSSR count).